The summed E-state index contributed by atoms with van der Waals surface area (Å²) in [6.07, 6.45) is 4.09. The first-order valence-corrected chi connectivity index (χ1v) is 8.64. The average Bonchev–Trinajstić information content (AvgIpc) is 2.98. The topological polar surface area (TPSA) is 34.1 Å². The second kappa shape index (κ2) is 5.17. The molecule has 0 heterocycles. The van der Waals surface area contributed by atoms with Gasteiger partial charge in [0, 0.05) is 11.1 Å². The van der Waals surface area contributed by atoms with Crippen LogP contribution in [-0.2, 0) is 9.84 Å². The molecule has 1 unspecified atom stereocenters. The van der Waals surface area contributed by atoms with Gasteiger partial charge in [0.25, 0.3) is 0 Å². The van der Waals surface area contributed by atoms with Crippen LogP contribution in [0.25, 0.3) is 0 Å². The predicted octanol–water partition coefficient (Wildman–Crippen LogP) is 3.01. The molecule has 1 aliphatic carbocycles. The Balaban J connectivity index is 2.47. The molecular weight excluding hydrogens is 276 g/mol. The van der Waals surface area contributed by atoms with E-state index in [1.165, 1.54) is 12.8 Å². The SMILES string of the molecule is CCCS(=O)(=O)CCC(C)(CBr)C1CC1. The minimum atomic E-state index is -2.80. The summed E-state index contributed by atoms with van der Waals surface area (Å²) in [7, 11) is -2.80. The van der Waals surface area contributed by atoms with E-state index in [0.717, 1.165) is 24.1 Å². The zero-order valence-corrected chi connectivity index (χ0v) is 12.0. The molecule has 90 valence electrons. The van der Waals surface area contributed by atoms with Gasteiger partial charge in [-0.25, -0.2) is 8.42 Å². The Kier molecular flexibility index (Phi) is 4.65. The Morgan fingerprint density at radius 3 is 2.33 bits per heavy atom. The largest absolute Gasteiger partial charge is 0.229 e. The van der Waals surface area contributed by atoms with Crippen molar-refractivity contribution in [2.45, 2.75) is 39.5 Å². The second-order valence-corrected chi connectivity index (χ2v) is 7.83. The monoisotopic (exact) mass is 296 g/mol. The molecule has 0 aromatic rings. The molecule has 2 nitrogen and oxygen atoms in total. The Bertz CT molecular complexity index is 296. The van der Waals surface area contributed by atoms with Gasteiger partial charge in [-0.3, -0.25) is 0 Å². The fraction of sp³-hybridized carbons (Fsp3) is 1.00. The van der Waals surface area contributed by atoms with Gasteiger partial charge < -0.3 is 0 Å². The lowest BCUT2D eigenvalue weighted by Crippen LogP contribution is -2.25. The number of sulfone groups is 1. The third-order valence-corrected chi connectivity index (χ3v) is 6.50. The van der Waals surface area contributed by atoms with Crippen LogP contribution in [0.3, 0.4) is 0 Å². The van der Waals surface area contributed by atoms with Crippen molar-refractivity contribution in [1.29, 1.82) is 0 Å². The van der Waals surface area contributed by atoms with Crippen molar-refractivity contribution in [3.05, 3.63) is 0 Å². The highest BCUT2D eigenvalue weighted by Crippen LogP contribution is 2.48. The van der Waals surface area contributed by atoms with Crippen molar-refractivity contribution in [3.8, 4) is 0 Å². The molecule has 0 radical (unpaired) electrons. The van der Waals surface area contributed by atoms with Crippen LogP contribution in [0, 0.1) is 11.3 Å². The van der Waals surface area contributed by atoms with E-state index in [9.17, 15) is 8.42 Å². The van der Waals surface area contributed by atoms with E-state index >= 15 is 0 Å². The van der Waals surface area contributed by atoms with Crippen molar-refractivity contribution in [3.63, 3.8) is 0 Å². The molecular formula is C11H21BrO2S. The van der Waals surface area contributed by atoms with Gasteiger partial charge in [-0.15, -0.1) is 0 Å². The highest BCUT2D eigenvalue weighted by molar-refractivity contribution is 9.09. The van der Waals surface area contributed by atoms with Crippen LogP contribution >= 0.6 is 15.9 Å². The van der Waals surface area contributed by atoms with Gasteiger partial charge in [0.15, 0.2) is 0 Å². The van der Waals surface area contributed by atoms with Gasteiger partial charge in [-0.2, -0.15) is 0 Å². The predicted molar refractivity (Wildman–Crippen MR) is 68.2 cm³/mol. The summed E-state index contributed by atoms with van der Waals surface area (Å²) >= 11 is 3.52. The Hall–Kier alpha value is 0.430. The van der Waals surface area contributed by atoms with Crippen LogP contribution in [0.1, 0.15) is 39.5 Å². The summed E-state index contributed by atoms with van der Waals surface area (Å²) in [5.74, 6) is 1.45. The summed E-state index contributed by atoms with van der Waals surface area (Å²) in [6, 6.07) is 0. The van der Waals surface area contributed by atoms with E-state index in [2.05, 4.69) is 22.9 Å². The third kappa shape index (κ3) is 4.06. The summed E-state index contributed by atoms with van der Waals surface area (Å²) < 4.78 is 23.2. The van der Waals surface area contributed by atoms with Crippen molar-refractivity contribution in [2.75, 3.05) is 16.8 Å². The molecule has 1 rings (SSSR count). The quantitative estimate of drug-likeness (QED) is 0.677. The molecule has 1 atom stereocenters. The first-order chi connectivity index (χ1) is 6.93. The van der Waals surface area contributed by atoms with Crippen LogP contribution in [0.2, 0.25) is 0 Å². The number of hydrogen-bond donors (Lipinski definition) is 0. The van der Waals surface area contributed by atoms with Gasteiger partial charge in [-0.1, -0.05) is 29.8 Å². The Morgan fingerprint density at radius 1 is 1.33 bits per heavy atom. The number of rotatable bonds is 7. The second-order valence-electron chi connectivity index (χ2n) is 4.96. The van der Waals surface area contributed by atoms with E-state index in [1.807, 2.05) is 6.92 Å². The molecule has 0 N–H and O–H groups in total. The van der Waals surface area contributed by atoms with Gasteiger partial charge in [0.05, 0.1) is 5.75 Å². The molecule has 4 heteroatoms. The van der Waals surface area contributed by atoms with Crippen molar-refractivity contribution in [1.82, 2.24) is 0 Å². The standard InChI is InChI=1S/C11H21BrO2S/c1-3-7-15(13,14)8-6-11(2,9-12)10-4-5-10/h10H,3-9H2,1-2H3. The van der Waals surface area contributed by atoms with Crippen LogP contribution < -0.4 is 0 Å². The molecule has 1 fully saturated rings. The lowest BCUT2D eigenvalue weighted by molar-refractivity contribution is 0.309. The molecule has 0 saturated heterocycles. The van der Waals surface area contributed by atoms with E-state index in [1.54, 1.807) is 0 Å². The van der Waals surface area contributed by atoms with Crippen LogP contribution in [0.4, 0.5) is 0 Å². The molecule has 0 aliphatic heterocycles. The summed E-state index contributed by atoms with van der Waals surface area (Å²) in [5.41, 5.74) is 0.195. The molecule has 0 aromatic carbocycles. The van der Waals surface area contributed by atoms with E-state index < -0.39 is 9.84 Å². The van der Waals surface area contributed by atoms with Gasteiger partial charge in [-0.05, 0) is 37.0 Å². The first-order valence-electron chi connectivity index (χ1n) is 5.70. The number of alkyl halides is 1. The Morgan fingerprint density at radius 2 is 1.93 bits per heavy atom. The zero-order chi connectivity index (χ0) is 11.5. The first kappa shape index (κ1) is 13.5. The van der Waals surface area contributed by atoms with Crippen molar-refractivity contribution < 1.29 is 8.42 Å². The van der Waals surface area contributed by atoms with E-state index in [0.29, 0.717) is 11.5 Å². The van der Waals surface area contributed by atoms with Crippen molar-refractivity contribution in [2.24, 2.45) is 11.3 Å². The third-order valence-electron chi connectivity index (χ3n) is 3.37. The fourth-order valence-corrected chi connectivity index (χ4v) is 4.30. The Labute approximate surface area is 102 Å². The van der Waals surface area contributed by atoms with Crippen LogP contribution in [-0.4, -0.2) is 25.3 Å². The molecule has 0 bridgehead atoms. The minimum absolute atomic E-state index is 0.195. The molecule has 1 aliphatic rings. The highest BCUT2D eigenvalue weighted by atomic mass is 79.9. The van der Waals surface area contributed by atoms with Gasteiger partial charge in [0.1, 0.15) is 9.84 Å². The molecule has 0 spiro atoms. The molecule has 0 amide bonds. The molecule has 15 heavy (non-hydrogen) atoms. The molecule has 0 aromatic heterocycles. The van der Waals surface area contributed by atoms with E-state index in [4.69, 9.17) is 0 Å². The minimum Gasteiger partial charge on any atom is -0.229 e. The highest BCUT2D eigenvalue weighted by Gasteiger charge is 2.40. The zero-order valence-electron chi connectivity index (χ0n) is 9.63. The summed E-state index contributed by atoms with van der Waals surface area (Å²) in [5, 5.41) is 0.923. The normalized spacial score (nSPS) is 21.3. The summed E-state index contributed by atoms with van der Waals surface area (Å²) in [6.45, 7) is 4.13. The number of halogens is 1. The fourth-order valence-electron chi connectivity index (χ4n) is 1.96. The van der Waals surface area contributed by atoms with E-state index in [-0.39, 0.29) is 5.41 Å². The molecule has 1 saturated carbocycles. The number of hydrogen-bond acceptors (Lipinski definition) is 2. The smallest absolute Gasteiger partial charge is 0.150 e. The van der Waals surface area contributed by atoms with Gasteiger partial charge in [0.2, 0.25) is 0 Å². The van der Waals surface area contributed by atoms with Gasteiger partial charge >= 0.3 is 0 Å². The lowest BCUT2D eigenvalue weighted by Gasteiger charge is -2.27. The maximum Gasteiger partial charge on any atom is 0.150 e. The van der Waals surface area contributed by atoms with Crippen LogP contribution in [0.5, 0.6) is 0 Å². The maximum absolute atomic E-state index is 11.6. The van der Waals surface area contributed by atoms with Crippen molar-refractivity contribution >= 4 is 25.8 Å². The summed E-state index contributed by atoms with van der Waals surface area (Å²) in [4.78, 5) is 0. The van der Waals surface area contributed by atoms with Crippen LogP contribution in [0.15, 0.2) is 0 Å². The maximum atomic E-state index is 11.6. The average molecular weight is 297 g/mol. The lowest BCUT2D eigenvalue weighted by atomic mass is 9.85.